The third-order valence-electron chi connectivity index (χ3n) is 4.71. The molecule has 30 heavy (non-hydrogen) atoms. The molecule has 0 radical (unpaired) electrons. The second-order valence-corrected chi connectivity index (χ2v) is 7.91. The Labute approximate surface area is 184 Å². The Hall–Kier alpha value is -2.17. The summed E-state index contributed by atoms with van der Waals surface area (Å²) in [6.45, 7) is 3.55. The lowest BCUT2D eigenvalue weighted by Gasteiger charge is -2.22. The molecule has 4 N–H and O–H groups in total. The molecule has 1 saturated carbocycles. The predicted molar refractivity (Wildman–Crippen MR) is 115 cm³/mol. The highest BCUT2D eigenvalue weighted by atomic mass is 35.5. The zero-order valence-corrected chi connectivity index (χ0v) is 18.4. The van der Waals surface area contributed by atoms with E-state index in [2.05, 4.69) is 20.3 Å². The molecule has 1 heterocycles. The molecular weight excluding hydrogens is 435 g/mol. The number of aliphatic imine (C=N–C) groups is 1. The number of aliphatic hydroxyl groups excluding tert-OH is 1. The monoisotopic (exact) mass is 460 g/mol. The van der Waals surface area contributed by atoms with Gasteiger partial charge in [-0.3, -0.25) is 15.1 Å². The quantitative estimate of drug-likeness (QED) is 0.167. The highest BCUT2D eigenvalue weighted by Crippen LogP contribution is 2.23. The van der Waals surface area contributed by atoms with Crippen molar-refractivity contribution in [3.05, 3.63) is 38.2 Å². The van der Waals surface area contributed by atoms with Crippen LogP contribution in [0.5, 0.6) is 0 Å². The number of ether oxygens (including phenoxy) is 1. The molecular formula is C18H26Cl2N6O4. The number of hydrogen-bond acceptors (Lipinski definition) is 9. The number of nitrogens with one attached hydrogen (secondary N) is 1. The summed E-state index contributed by atoms with van der Waals surface area (Å²) < 4.78 is 5.42. The van der Waals surface area contributed by atoms with Gasteiger partial charge in [0, 0.05) is 12.5 Å². The predicted octanol–water partition coefficient (Wildman–Crippen LogP) is 3.16. The summed E-state index contributed by atoms with van der Waals surface area (Å²) in [4.78, 5) is 23.1. The molecule has 166 valence electrons. The number of allylic oxidation sites excluding steroid dienone is 1. The smallest absolute Gasteiger partial charge is 0.348 e. The minimum atomic E-state index is -0.587. The summed E-state index contributed by atoms with van der Waals surface area (Å²) in [5, 5.41) is 24.5. The van der Waals surface area contributed by atoms with Crippen molar-refractivity contribution in [1.82, 2.24) is 9.97 Å². The Morgan fingerprint density at radius 1 is 1.47 bits per heavy atom. The van der Waals surface area contributed by atoms with Crippen LogP contribution >= 0.6 is 23.2 Å². The van der Waals surface area contributed by atoms with Crippen LogP contribution < -0.4 is 11.1 Å². The molecule has 0 bridgehead atoms. The van der Waals surface area contributed by atoms with E-state index in [1.54, 1.807) is 6.92 Å². The molecule has 1 fully saturated rings. The average Bonchev–Trinajstić information content (AvgIpc) is 2.66. The largest absolute Gasteiger partial charge is 0.474 e. The average molecular weight is 461 g/mol. The summed E-state index contributed by atoms with van der Waals surface area (Å²) in [7, 11) is 0. The van der Waals surface area contributed by atoms with Crippen LogP contribution in [-0.2, 0) is 4.74 Å². The second kappa shape index (κ2) is 11.3. The van der Waals surface area contributed by atoms with E-state index in [-0.39, 0.29) is 47.4 Å². The van der Waals surface area contributed by atoms with Gasteiger partial charge in [0.05, 0.1) is 29.9 Å². The first-order chi connectivity index (χ1) is 14.2. The first-order valence-electron chi connectivity index (χ1n) is 9.61. The van der Waals surface area contributed by atoms with Gasteiger partial charge in [-0.05, 0) is 51.1 Å². The molecule has 12 heteroatoms. The normalized spacial score (nSPS) is 21.6. The van der Waals surface area contributed by atoms with E-state index in [0.717, 1.165) is 0 Å². The molecule has 0 unspecified atom stereocenters. The minimum Gasteiger partial charge on any atom is -0.474 e. The van der Waals surface area contributed by atoms with E-state index in [9.17, 15) is 15.2 Å². The van der Waals surface area contributed by atoms with Crippen molar-refractivity contribution < 1.29 is 14.8 Å². The molecule has 0 saturated heterocycles. The van der Waals surface area contributed by atoms with E-state index in [0.29, 0.717) is 42.9 Å². The van der Waals surface area contributed by atoms with Crippen LogP contribution in [0, 0.1) is 10.1 Å². The van der Waals surface area contributed by atoms with Gasteiger partial charge >= 0.3 is 5.70 Å². The number of rotatable bonds is 9. The van der Waals surface area contributed by atoms with Crippen LogP contribution in [-0.4, -0.2) is 50.5 Å². The third kappa shape index (κ3) is 7.26. The summed E-state index contributed by atoms with van der Waals surface area (Å²) in [6.07, 6.45) is 4.18. The zero-order valence-electron chi connectivity index (χ0n) is 16.8. The maximum Gasteiger partial charge on any atom is 0.348 e. The van der Waals surface area contributed by atoms with Crippen molar-refractivity contribution in [2.45, 2.75) is 64.1 Å². The topological polar surface area (TPSA) is 149 Å². The SMILES string of the molecule is CC(=NC1CCC(O)CC1)C(=C(N)OCC[C@@H](C)Nc1nc(Cl)ncc1Cl)[N+](=O)[O-]. The van der Waals surface area contributed by atoms with Crippen molar-refractivity contribution in [1.29, 1.82) is 0 Å². The minimum absolute atomic E-state index is 0.0650. The number of halogens is 2. The highest BCUT2D eigenvalue weighted by molar-refractivity contribution is 6.33. The first kappa shape index (κ1) is 24.1. The lowest BCUT2D eigenvalue weighted by Crippen LogP contribution is -2.24. The Balaban J connectivity index is 1.95. The van der Waals surface area contributed by atoms with E-state index >= 15 is 0 Å². The van der Waals surface area contributed by atoms with Gasteiger partial charge < -0.3 is 20.9 Å². The number of aliphatic hydroxyl groups is 1. The lowest BCUT2D eigenvalue weighted by molar-refractivity contribution is -0.418. The number of anilines is 1. The molecule has 1 aromatic rings. The number of aromatic nitrogens is 2. The Kier molecular flexibility index (Phi) is 9.07. The van der Waals surface area contributed by atoms with Crippen LogP contribution in [0.15, 0.2) is 22.8 Å². The van der Waals surface area contributed by atoms with E-state index in [1.165, 1.54) is 6.20 Å². The van der Waals surface area contributed by atoms with E-state index < -0.39 is 4.92 Å². The van der Waals surface area contributed by atoms with Gasteiger partial charge in [0.1, 0.15) is 16.6 Å². The fourth-order valence-corrected chi connectivity index (χ4v) is 3.37. The third-order valence-corrected chi connectivity index (χ3v) is 5.17. The molecule has 1 aromatic heterocycles. The molecule has 1 aliphatic carbocycles. The van der Waals surface area contributed by atoms with Crippen molar-refractivity contribution in [2.24, 2.45) is 10.7 Å². The van der Waals surface area contributed by atoms with Crippen molar-refractivity contribution >= 4 is 34.7 Å². The van der Waals surface area contributed by atoms with Crippen LogP contribution in [0.2, 0.25) is 10.3 Å². The number of nitrogens with two attached hydrogens (primary N) is 1. The zero-order chi connectivity index (χ0) is 22.3. The Bertz CT molecular complexity index is 812. The van der Waals surface area contributed by atoms with Crippen LogP contribution in [0.4, 0.5) is 5.82 Å². The van der Waals surface area contributed by atoms with Crippen molar-refractivity contribution in [2.75, 3.05) is 11.9 Å². The Morgan fingerprint density at radius 2 is 2.13 bits per heavy atom. The maximum atomic E-state index is 11.5. The van der Waals surface area contributed by atoms with Gasteiger partial charge in [-0.15, -0.1) is 0 Å². The van der Waals surface area contributed by atoms with Crippen molar-refractivity contribution in [3.63, 3.8) is 0 Å². The summed E-state index contributed by atoms with van der Waals surface area (Å²) >= 11 is 11.8. The van der Waals surface area contributed by atoms with Gasteiger partial charge in [0.25, 0.3) is 5.88 Å². The van der Waals surface area contributed by atoms with Gasteiger partial charge in [0.15, 0.2) is 0 Å². The number of nitro groups is 1. The van der Waals surface area contributed by atoms with E-state index in [4.69, 9.17) is 33.7 Å². The molecule has 0 aliphatic heterocycles. The van der Waals surface area contributed by atoms with E-state index in [1.807, 2.05) is 6.92 Å². The maximum absolute atomic E-state index is 11.5. The summed E-state index contributed by atoms with van der Waals surface area (Å²) in [5.41, 5.74) is 5.72. The molecule has 10 nitrogen and oxygen atoms in total. The molecule has 0 spiro atoms. The molecule has 0 amide bonds. The Morgan fingerprint density at radius 3 is 2.77 bits per heavy atom. The standard InChI is InChI=1S/C18H26Cl2N6O4/c1-10(23-17-14(19)9-22-18(20)25-17)7-8-30-16(21)15(26(28)29)11(2)24-12-3-5-13(27)6-4-12/h9-10,12-13,27H,3-8,21H2,1-2H3,(H,22,23,25)/t10-,12?,13?/m1/s1. The van der Waals surface area contributed by atoms with Crippen LogP contribution in [0.3, 0.4) is 0 Å². The first-order valence-corrected chi connectivity index (χ1v) is 10.4. The fourth-order valence-electron chi connectivity index (χ4n) is 3.09. The van der Waals surface area contributed by atoms with Crippen molar-refractivity contribution in [3.8, 4) is 0 Å². The molecule has 1 atom stereocenters. The van der Waals surface area contributed by atoms with Gasteiger partial charge in [-0.2, -0.15) is 4.98 Å². The van der Waals surface area contributed by atoms with Crippen LogP contribution in [0.1, 0.15) is 46.0 Å². The van der Waals surface area contributed by atoms with Gasteiger partial charge in [-0.1, -0.05) is 11.6 Å². The molecule has 0 aromatic carbocycles. The summed E-state index contributed by atoms with van der Waals surface area (Å²) in [5.74, 6) is 0.103. The molecule has 2 rings (SSSR count). The molecule has 1 aliphatic rings. The highest BCUT2D eigenvalue weighted by Gasteiger charge is 2.25. The van der Waals surface area contributed by atoms with Gasteiger partial charge in [-0.25, -0.2) is 4.98 Å². The summed E-state index contributed by atoms with van der Waals surface area (Å²) in [6, 6.07) is -0.187. The number of nitrogens with zero attached hydrogens (tertiary/aromatic N) is 4. The second-order valence-electron chi connectivity index (χ2n) is 7.16. The lowest BCUT2D eigenvalue weighted by atomic mass is 9.93. The van der Waals surface area contributed by atoms with Gasteiger partial charge in [0.2, 0.25) is 5.28 Å². The fraction of sp³-hybridized carbons (Fsp3) is 0.611. The number of hydrogen-bond donors (Lipinski definition) is 3. The van der Waals surface area contributed by atoms with Crippen LogP contribution in [0.25, 0.3) is 0 Å².